The maximum atomic E-state index is 14.3. The van der Waals surface area contributed by atoms with Gasteiger partial charge in [-0.2, -0.15) is 0 Å². The third-order valence-electron chi connectivity index (χ3n) is 8.77. The molecule has 6 rings (SSSR count). The van der Waals surface area contributed by atoms with Crippen LogP contribution in [0.5, 0.6) is 11.5 Å². The normalized spacial score (nSPS) is 16.9. The van der Waals surface area contributed by atoms with Crippen LogP contribution in [-0.4, -0.2) is 79.5 Å². The average Bonchev–Trinajstić information content (AvgIpc) is 3.64. The van der Waals surface area contributed by atoms with Crippen LogP contribution in [0.2, 0.25) is 5.02 Å². The van der Waals surface area contributed by atoms with Crippen molar-refractivity contribution >= 4 is 45.8 Å². The number of halogens is 2. The highest BCUT2D eigenvalue weighted by Crippen LogP contribution is 2.37. The van der Waals surface area contributed by atoms with Crippen molar-refractivity contribution < 1.29 is 23.5 Å². The summed E-state index contributed by atoms with van der Waals surface area (Å²) in [6.07, 6.45) is 1.77. The number of methoxy groups -OCH3 is 2. The van der Waals surface area contributed by atoms with Gasteiger partial charge in [0, 0.05) is 29.9 Å². The molecule has 12 nitrogen and oxygen atoms in total. The lowest BCUT2D eigenvalue weighted by molar-refractivity contribution is -0.133. The molecule has 1 aromatic heterocycles. The third-order valence-corrected chi connectivity index (χ3v) is 9.00. The summed E-state index contributed by atoms with van der Waals surface area (Å²) in [7, 11) is 3.00. The Labute approximate surface area is 282 Å². The number of carbonyl (C=O) groups excluding carboxylic acids is 2. The number of piperazine rings is 1. The quantitative estimate of drug-likeness (QED) is 0.279. The molecule has 3 aromatic carbocycles. The van der Waals surface area contributed by atoms with Crippen molar-refractivity contribution in [1.29, 1.82) is 0 Å². The minimum absolute atomic E-state index is 0.0645. The highest BCUT2D eigenvalue weighted by Gasteiger charge is 2.34. The van der Waals surface area contributed by atoms with Crippen molar-refractivity contribution in [1.82, 2.24) is 19.9 Å². The van der Waals surface area contributed by atoms with Crippen molar-refractivity contribution in [2.24, 2.45) is 0 Å². The van der Waals surface area contributed by atoms with Crippen LogP contribution >= 0.6 is 11.6 Å². The highest BCUT2D eigenvalue weighted by atomic mass is 35.5. The lowest BCUT2D eigenvalue weighted by Crippen LogP contribution is -2.58. The number of ether oxygens (including phenoxy) is 2. The summed E-state index contributed by atoms with van der Waals surface area (Å²) >= 11 is 6.34. The topological polar surface area (TPSA) is 121 Å². The molecule has 0 saturated carbocycles. The number of benzene rings is 3. The predicted octanol–water partition coefficient (Wildman–Crippen LogP) is 4.54. The van der Waals surface area contributed by atoms with Gasteiger partial charge in [0.05, 0.1) is 56.0 Å². The molecule has 14 heteroatoms. The lowest BCUT2D eigenvalue weighted by Gasteiger charge is -2.39. The van der Waals surface area contributed by atoms with Crippen molar-refractivity contribution in [2.45, 2.75) is 31.8 Å². The Kier molecular flexibility index (Phi) is 9.69. The molecule has 2 aliphatic heterocycles. The Hall–Kier alpha value is -4.88. The number of anilines is 2. The van der Waals surface area contributed by atoms with E-state index in [1.54, 1.807) is 43.3 Å². The smallest absolute Gasteiger partial charge is 0.327 e. The van der Waals surface area contributed by atoms with E-state index in [2.05, 4.69) is 10.6 Å². The Morgan fingerprint density at radius 1 is 1.04 bits per heavy atom. The molecule has 0 aliphatic carbocycles. The highest BCUT2D eigenvalue weighted by molar-refractivity contribution is 6.31. The maximum Gasteiger partial charge on any atom is 0.327 e. The Morgan fingerprint density at radius 3 is 2.46 bits per heavy atom. The molecule has 4 aromatic rings. The van der Waals surface area contributed by atoms with E-state index in [0.717, 1.165) is 19.4 Å². The molecule has 2 atom stereocenters. The molecule has 2 N–H and O–H groups in total. The Bertz CT molecular complexity index is 1870. The molecule has 252 valence electrons. The van der Waals surface area contributed by atoms with Crippen LogP contribution in [0, 0.1) is 5.82 Å². The number of urea groups is 1. The molecule has 0 spiro atoms. The van der Waals surface area contributed by atoms with Crippen LogP contribution in [0.25, 0.3) is 10.9 Å². The van der Waals surface area contributed by atoms with E-state index < -0.39 is 17.9 Å². The van der Waals surface area contributed by atoms with Crippen molar-refractivity contribution in [2.75, 3.05) is 62.2 Å². The summed E-state index contributed by atoms with van der Waals surface area (Å²) < 4.78 is 26.3. The largest absolute Gasteiger partial charge is 0.497 e. The Balaban J connectivity index is 1.44. The summed E-state index contributed by atoms with van der Waals surface area (Å²) in [5.41, 5.74) is 0.764. The first-order valence-corrected chi connectivity index (χ1v) is 16.1. The number of nitrogens with one attached hydrogen (secondary N) is 2. The minimum atomic E-state index is -0.869. The number of rotatable bonds is 8. The van der Waals surface area contributed by atoms with Gasteiger partial charge in [0.2, 0.25) is 5.91 Å². The van der Waals surface area contributed by atoms with Gasteiger partial charge < -0.3 is 30.0 Å². The predicted molar refractivity (Wildman–Crippen MR) is 182 cm³/mol. The minimum Gasteiger partial charge on any atom is -0.497 e. The van der Waals surface area contributed by atoms with Crippen LogP contribution in [-0.2, 0) is 4.79 Å². The maximum absolute atomic E-state index is 14.3. The van der Waals surface area contributed by atoms with Crippen LogP contribution in [0.4, 0.5) is 20.6 Å². The molecular weight excluding hydrogens is 641 g/mol. The van der Waals surface area contributed by atoms with E-state index in [9.17, 15) is 18.8 Å². The third kappa shape index (κ3) is 6.60. The second-order valence-electron chi connectivity index (χ2n) is 11.7. The zero-order chi connectivity index (χ0) is 33.9. The number of fused-ring (bicyclic) bond motifs is 1. The van der Waals surface area contributed by atoms with Gasteiger partial charge in [0.15, 0.2) is 5.82 Å². The van der Waals surface area contributed by atoms with E-state index in [0.29, 0.717) is 65.0 Å². The zero-order valence-electron chi connectivity index (χ0n) is 26.9. The molecule has 0 radical (unpaired) electrons. The average molecular weight is 678 g/mol. The van der Waals surface area contributed by atoms with E-state index in [-0.39, 0.29) is 23.3 Å². The van der Waals surface area contributed by atoms with Crippen LogP contribution < -0.4 is 35.6 Å². The summed E-state index contributed by atoms with van der Waals surface area (Å²) in [6, 6.07) is 13.7. The number of aromatic nitrogens is 2. The molecule has 3 heterocycles. The van der Waals surface area contributed by atoms with Crippen molar-refractivity contribution in [3.63, 3.8) is 0 Å². The second kappa shape index (κ2) is 14.1. The van der Waals surface area contributed by atoms with Gasteiger partial charge >= 0.3 is 6.03 Å². The number of hydrogen-bond donors (Lipinski definition) is 2. The summed E-state index contributed by atoms with van der Waals surface area (Å²) in [5.74, 6) is 0.728. The first-order valence-electron chi connectivity index (χ1n) is 15.8. The summed E-state index contributed by atoms with van der Waals surface area (Å²) in [6.45, 7) is 4.14. The summed E-state index contributed by atoms with van der Waals surface area (Å²) in [5, 5.41) is 8.73. The van der Waals surface area contributed by atoms with E-state index >= 15 is 0 Å². The molecule has 1 unspecified atom stereocenters. The monoisotopic (exact) mass is 677 g/mol. The van der Waals surface area contributed by atoms with Crippen molar-refractivity contribution in [3.05, 3.63) is 87.7 Å². The van der Waals surface area contributed by atoms with E-state index in [1.165, 1.54) is 48.1 Å². The SMILES string of the molecule is COc1ccc(N(C(=O)Nc2ccc(F)cc2)C(C)c2nc3cc(Cl)ccc3c(=O)n2N2CCN(C(=O)[C@@H]3CCCN3)CC2)c(OC)c1. The number of carbonyl (C=O) groups is 2. The van der Waals surface area contributed by atoms with Gasteiger partial charge in [0.1, 0.15) is 17.3 Å². The van der Waals surface area contributed by atoms with Gasteiger partial charge in [-0.1, -0.05) is 11.6 Å². The van der Waals surface area contributed by atoms with Crippen LogP contribution in [0.15, 0.2) is 65.5 Å². The number of nitrogens with zero attached hydrogens (tertiary/aromatic N) is 5. The second-order valence-corrected chi connectivity index (χ2v) is 12.1. The number of amides is 3. The molecule has 0 bridgehead atoms. The van der Waals surface area contributed by atoms with Gasteiger partial charge in [-0.3, -0.25) is 14.5 Å². The van der Waals surface area contributed by atoms with E-state index in [4.69, 9.17) is 26.1 Å². The van der Waals surface area contributed by atoms with Gasteiger partial charge in [-0.25, -0.2) is 18.8 Å². The fourth-order valence-electron chi connectivity index (χ4n) is 6.25. The fraction of sp³-hybridized carbons (Fsp3) is 0.353. The Morgan fingerprint density at radius 2 is 1.79 bits per heavy atom. The molecule has 48 heavy (non-hydrogen) atoms. The molecule has 2 fully saturated rings. The van der Waals surface area contributed by atoms with Gasteiger partial charge in [-0.05, 0) is 80.9 Å². The lowest BCUT2D eigenvalue weighted by atomic mass is 10.1. The zero-order valence-corrected chi connectivity index (χ0v) is 27.7. The first kappa shape index (κ1) is 33.0. The van der Waals surface area contributed by atoms with Crippen LogP contribution in [0.1, 0.15) is 31.6 Å². The van der Waals surface area contributed by atoms with Gasteiger partial charge in [0.25, 0.3) is 5.56 Å². The molecule has 2 saturated heterocycles. The fourth-order valence-corrected chi connectivity index (χ4v) is 6.42. The molecule has 3 amide bonds. The van der Waals surface area contributed by atoms with E-state index in [1.807, 2.05) is 9.91 Å². The standard InChI is InChI=1S/C34H37ClFN7O5/c1-21(42(29-13-11-25(47-2)20-30(29)48-3)34(46)38-24-9-7-23(36)8-10-24)31-39-28-19-22(35)6-12-26(28)32(44)43(31)41-17-15-40(16-18-41)33(45)27-5-4-14-37-27/h6-13,19-21,27,37H,4-5,14-18H2,1-3H3,(H,38,46)/t21?,27-/m0/s1. The first-order chi connectivity index (χ1) is 23.2. The molecular formula is C34H37ClFN7O5. The van der Waals surface area contributed by atoms with Crippen LogP contribution in [0.3, 0.4) is 0 Å². The van der Waals surface area contributed by atoms with Crippen molar-refractivity contribution in [3.8, 4) is 11.5 Å². The number of hydrogen-bond acceptors (Lipinski definition) is 8. The molecule has 2 aliphatic rings. The van der Waals surface area contributed by atoms with Gasteiger partial charge in [-0.15, -0.1) is 0 Å². The summed E-state index contributed by atoms with van der Waals surface area (Å²) in [4.78, 5) is 49.8.